The minimum atomic E-state index is -0.347. The van der Waals surface area contributed by atoms with E-state index in [4.69, 9.17) is 0 Å². The second-order valence-electron chi connectivity index (χ2n) is 6.34. The minimum absolute atomic E-state index is 0.295. The van der Waals surface area contributed by atoms with Gasteiger partial charge in [0.2, 0.25) is 5.01 Å². The minimum Gasteiger partial charge on any atom is -0.320 e. The molecule has 0 aliphatic carbocycles. The van der Waals surface area contributed by atoms with Crippen molar-refractivity contribution < 1.29 is 9.18 Å². The Morgan fingerprint density at radius 2 is 1.70 bits per heavy atom. The van der Waals surface area contributed by atoms with Crippen molar-refractivity contribution in [2.24, 2.45) is 0 Å². The molecular formula is C20H20FN3OS2. The summed E-state index contributed by atoms with van der Waals surface area (Å²) in [5.74, 6) is -0.0270. The van der Waals surface area contributed by atoms with E-state index < -0.39 is 0 Å². The van der Waals surface area contributed by atoms with Gasteiger partial charge in [0.1, 0.15) is 10.8 Å². The zero-order valence-electron chi connectivity index (χ0n) is 15.6. The molecular weight excluding hydrogens is 381 g/mol. The Morgan fingerprint density at radius 3 is 2.33 bits per heavy atom. The molecule has 0 bridgehead atoms. The first-order valence-corrected chi connectivity index (χ1v) is 10.2. The van der Waals surface area contributed by atoms with E-state index in [0.717, 1.165) is 5.01 Å². The Hall–Kier alpha value is -2.25. The lowest BCUT2D eigenvalue weighted by Gasteiger charge is -2.14. The van der Waals surface area contributed by atoms with Crippen molar-refractivity contribution in [2.45, 2.75) is 38.3 Å². The first-order valence-electron chi connectivity index (χ1n) is 8.44. The molecule has 0 aliphatic heterocycles. The number of aryl methyl sites for hydroxylation is 2. The van der Waals surface area contributed by atoms with Crippen LogP contribution in [0.1, 0.15) is 37.1 Å². The van der Waals surface area contributed by atoms with Crippen LogP contribution in [0.5, 0.6) is 0 Å². The second kappa shape index (κ2) is 8.19. The third-order valence-electron chi connectivity index (χ3n) is 4.40. The molecule has 140 valence electrons. The molecule has 27 heavy (non-hydrogen) atoms. The van der Waals surface area contributed by atoms with Crippen molar-refractivity contribution in [3.05, 3.63) is 68.4 Å². The molecule has 1 amide bonds. The molecule has 0 radical (unpaired) electrons. The summed E-state index contributed by atoms with van der Waals surface area (Å²) < 4.78 is 12.9. The van der Waals surface area contributed by atoms with Crippen molar-refractivity contribution in [1.82, 2.24) is 10.2 Å². The highest BCUT2D eigenvalue weighted by atomic mass is 32.2. The van der Waals surface area contributed by atoms with Gasteiger partial charge in [0.15, 0.2) is 0 Å². The lowest BCUT2D eigenvalue weighted by Crippen LogP contribution is -2.11. The van der Waals surface area contributed by atoms with Gasteiger partial charge in [0, 0.05) is 10.6 Å². The summed E-state index contributed by atoms with van der Waals surface area (Å²) in [6, 6.07) is 7.82. The monoisotopic (exact) mass is 401 g/mol. The number of hydrogen-bond acceptors (Lipinski definition) is 5. The zero-order valence-corrected chi connectivity index (χ0v) is 17.2. The van der Waals surface area contributed by atoms with Crippen LogP contribution in [0.2, 0.25) is 0 Å². The Labute approximate surface area is 166 Å². The number of thioether (sulfide) groups is 1. The summed E-state index contributed by atoms with van der Waals surface area (Å²) >= 11 is 2.99. The van der Waals surface area contributed by atoms with E-state index in [2.05, 4.69) is 49.3 Å². The van der Waals surface area contributed by atoms with E-state index in [0.29, 0.717) is 16.4 Å². The first-order chi connectivity index (χ1) is 12.8. The molecule has 1 heterocycles. The molecule has 3 rings (SSSR count). The van der Waals surface area contributed by atoms with E-state index in [9.17, 15) is 9.18 Å². The molecule has 4 nitrogen and oxygen atoms in total. The van der Waals surface area contributed by atoms with Crippen LogP contribution >= 0.6 is 23.1 Å². The fourth-order valence-electron chi connectivity index (χ4n) is 2.65. The van der Waals surface area contributed by atoms with Crippen LogP contribution in [0.3, 0.4) is 0 Å². The number of benzene rings is 2. The topological polar surface area (TPSA) is 54.9 Å². The average Bonchev–Trinajstić information content (AvgIpc) is 3.11. The molecule has 3 aromatic rings. The number of amides is 1. The van der Waals surface area contributed by atoms with Gasteiger partial charge < -0.3 is 5.32 Å². The number of aromatic nitrogens is 2. The maximum Gasteiger partial charge on any atom is 0.286 e. The van der Waals surface area contributed by atoms with Gasteiger partial charge in [0.25, 0.3) is 5.91 Å². The molecule has 2 aromatic carbocycles. The van der Waals surface area contributed by atoms with Crippen LogP contribution < -0.4 is 5.32 Å². The molecule has 0 unspecified atom stereocenters. The summed E-state index contributed by atoms with van der Waals surface area (Å²) in [5.41, 5.74) is 5.63. The molecule has 0 saturated carbocycles. The molecule has 0 atom stereocenters. The zero-order chi connectivity index (χ0) is 19.6. The Morgan fingerprint density at radius 1 is 1.07 bits per heavy atom. The molecule has 1 N–H and O–H groups in total. The highest BCUT2D eigenvalue weighted by Crippen LogP contribution is 2.33. The summed E-state index contributed by atoms with van der Waals surface area (Å²) in [7, 11) is 0. The maximum absolute atomic E-state index is 12.9. The summed E-state index contributed by atoms with van der Waals surface area (Å²) in [4.78, 5) is 13.5. The smallest absolute Gasteiger partial charge is 0.286 e. The lowest BCUT2D eigenvalue weighted by atomic mass is 10.0. The molecule has 0 spiro atoms. The van der Waals surface area contributed by atoms with E-state index >= 15 is 0 Å². The highest BCUT2D eigenvalue weighted by molar-refractivity contribution is 7.98. The first kappa shape index (κ1) is 19.5. The predicted octanol–water partition coefficient (Wildman–Crippen LogP) is 5.46. The second-order valence-corrected chi connectivity index (χ2v) is 8.39. The quantitative estimate of drug-likeness (QED) is 0.577. The number of hydrogen-bond donors (Lipinski definition) is 1. The fourth-order valence-corrected chi connectivity index (χ4v) is 4.68. The number of carbonyl (C=O) groups is 1. The third-order valence-corrected chi connectivity index (χ3v) is 6.82. The van der Waals surface area contributed by atoms with Crippen LogP contribution in [-0.4, -0.2) is 16.1 Å². The molecule has 0 saturated heterocycles. The van der Waals surface area contributed by atoms with Crippen molar-refractivity contribution >= 4 is 34.7 Å². The van der Waals surface area contributed by atoms with Gasteiger partial charge in [-0.2, -0.15) is 0 Å². The normalized spacial score (nSPS) is 10.9. The van der Waals surface area contributed by atoms with Gasteiger partial charge in [-0.15, -0.1) is 22.0 Å². The molecule has 0 aliphatic rings. The Bertz CT molecular complexity index is 957. The third kappa shape index (κ3) is 4.54. The number of carbonyl (C=O) groups excluding carboxylic acids is 1. The number of nitrogens with zero attached hydrogens (tertiary/aromatic N) is 2. The van der Waals surface area contributed by atoms with Crippen LogP contribution in [0.25, 0.3) is 0 Å². The SMILES string of the molecule is Cc1cc(C)c(C)c(SCc2nnc(C(=O)Nc3ccc(F)cc3)s2)c1C. The molecule has 1 aromatic heterocycles. The van der Waals surface area contributed by atoms with E-state index in [1.807, 2.05) is 0 Å². The Balaban J connectivity index is 1.68. The predicted molar refractivity (Wildman–Crippen MR) is 109 cm³/mol. The standard InChI is InChI=1S/C20H20FN3OS2/c1-11-9-12(2)14(4)18(13(11)3)26-10-17-23-24-20(27-17)19(25)22-16-7-5-15(21)6-8-16/h5-9H,10H2,1-4H3,(H,22,25). The fraction of sp³-hybridized carbons (Fsp3) is 0.250. The van der Waals surface area contributed by atoms with Gasteiger partial charge >= 0.3 is 0 Å². The van der Waals surface area contributed by atoms with Gasteiger partial charge in [0.05, 0.1) is 5.75 Å². The molecule has 0 fully saturated rings. The highest BCUT2D eigenvalue weighted by Gasteiger charge is 2.15. The van der Waals surface area contributed by atoms with Gasteiger partial charge in [-0.1, -0.05) is 17.4 Å². The van der Waals surface area contributed by atoms with Crippen LogP contribution in [-0.2, 0) is 5.75 Å². The number of anilines is 1. The maximum atomic E-state index is 12.9. The average molecular weight is 402 g/mol. The van der Waals surface area contributed by atoms with Crippen molar-refractivity contribution in [3.8, 4) is 0 Å². The summed E-state index contributed by atoms with van der Waals surface area (Å²) in [6.45, 7) is 8.50. The van der Waals surface area contributed by atoms with Gasteiger partial charge in [-0.05, 0) is 74.2 Å². The van der Waals surface area contributed by atoms with Crippen LogP contribution in [0.4, 0.5) is 10.1 Å². The largest absolute Gasteiger partial charge is 0.320 e. The van der Waals surface area contributed by atoms with E-state index in [1.165, 1.54) is 62.8 Å². The number of rotatable bonds is 5. The van der Waals surface area contributed by atoms with Crippen molar-refractivity contribution in [3.63, 3.8) is 0 Å². The summed E-state index contributed by atoms with van der Waals surface area (Å²) in [5, 5.41) is 11.9. The number of halogens is 1. The van der Waals surface area contributed by atoms with Crippen molar-refractivity contribution in [1.29, 1.82) is 0 Å². The summed E-state index contributed by atoms with van der Waals surface area (Å²) in [6.07, 6.45) is 0. The van der Waals surface area contributed by atoms with Crippen LogP contribution in [0.15, 0.2) is 35.2 Å². The van der Waals surface area contributed by atoms with Gasteiger partial charge in [-0.25, -0.2) is 4.39 Å². The van der Waals surface area contributed by atoms with E-state index in [-0.39, 0.29) is 11.7 Å². The molecule has 7 heteroatoms. The number of nitrogens with one attached hydrogen (secondary N) is 1. The van der Waals surface area contributed by atoms with Crippen molar-refractivity contribution in [2.75, 3.05) is 5.32 Å². The van der Waals surface area contributed by atoms with Crippen LogP contribution in [0, 0.1) is 33.5 Å². The Kier molecular flexibility index (Phi) is 5.92. The van der Waals surface area contributed by atoms with Gasteiger partial charge in [-0.3, -0.25) is 4.79 Å². The lowest BCUT2D eigenvalue weighted by molar-refractivity contribution is 0.102. The van der Waals surface area contributed by atoms with E-state index in [1.54, 1.807) is 11.8 Å².